The molecule has 0 fully saturated rings. The van der Waals surface area contributed by atoms with Crippen LogP contribution in [-0.2, 0) is 0 Å². The molecule has 0 saturated heterocycles. The van der Waals surface area contributed by atoms with Crippen molar-refractivity contribution >= 4 is 21.6 Å². The Hall–Kier alpha value is -1.88. The first-order valence-corrected chi connectivity index (χ1v) is 6.23. The van der Waals surface area contributed by atoms with E-state index >= 15 is 0 Å². The highest BCUT2D eigenvalue weighted by Gasteiger charge is 2.11. The predicted octanol–water partition coefficient (Wildman–Crippen LogP) is 3.17. The minimum absolute atomic E-state index is 0.665. The smallest absolute Gasteiger partial charge is 0.216 e. The molecule has 0 amide bonds. The second-order valence-corrected chi connectivity index (χ2v) is 4.61. The van der Waals surface area contributed by atoms with Gasteiger partial charge in [-0.05, 0) is 18.2 Å². The number of nitrogens with zero attached hydrogens (tertiary/aromatic N) is 3. The zero-order valence-electron chi connectivity index (χ0n) is 9.67. The highest BCUT2D eigenvalue weighted by atomic mass is 79.9. The molecule has 0 unspecified atom stereocenters. The molecule has 0 N–H and O–H groups in total. The molecular formula is C13H10BrN3O. The second-order valence-electron chi connectivity index (χ2n) is 3.75. The molecule has 5 heteroatoms. The second kappa shape index (κ2) is 4.42. The van der Waals surface area contributed by atoms with Gasteiger partial charge in [-0.25, -0.2) is 4.98 Å². The van der Waals surface area contributed by atoms with Gasteiger partial charge in [-0.1, -0.05) is 34.1 Å². The van der Waals surface area contributed by atoms with Gasteiger partial charge in [0.25, 0.3) is 0 Å². The molecule has 0 saturated carbocycles. The van der Waals surface area contributed by atoms with E-state index in [-0.39, 0.29) is 0 Å². The van der Waals surface area contributed by atoms with Gasteiger partial charge in [-0.3, -0.25) is 0 Å². The summed E-state index contributed by atoms with van der Waals surface area (Å²) < 4.78 is 7.92. The number of rotatable bonds is 2. The lowest BCUT2D eigenvalue weighted by Gasteiger charge is -2.00. The third-order valence-electron chi connectivity index (χ3n) is 2.65. The average molecular weight is 304 g/mol. The van der Waals surface area contributed by atoms with Crippen LogP contribution in [0.15, 0.2) is 46.9 Å². The Bertz CT molecular complexity index is 708. The number of hydrogen-bond donors (Lipinski definition) is 0. The highest BCUT2D eigenvalue weighted by Crippen LogP contribution is 2.26. The van der Waals surface area contributed by atoms with Crippen LogP contribution in [0.1, 0.15) is 0 Å². The number of halogens is 1. The lowest BCUT2D eigenvalue weighted by Crippen LogP contribution is -1.94. The van der Waals surface area contributed by atoms with Crippen LogP contribution in [0.4, 0.5) is 0 Å². The third-order valence-corrected chi connectivity index (χ3v) is 3.34. The summed E-state index contributed by atoms with van der Waals surface area (Å²) in [6.45, 7) is 0. The number of methoxy groups -OCH3 is 1. The topological polar surface area (TPSA) is 39.4 Å². The molecule has 0 atom stereocenters. The number of pyridine rings is 1. The molecule has 2 heterocycles. The van der Waals surface area contributed by atoms with Crippen LogP contribution in [0.3, 0.4) is 0 Å². The Balaban J connectivity index is 2.23. The van der Waals surface area contributed by atoms with Crippen LogP contribution in [-0.4, -0.2) is 21.7 Å². The summed E-state index contributed by atoms with van der Waals surface area (Å²) >= 11 is 3.51. The van der Waals surface area contributed by atoms with Gasteiger partial charge < -0.3 is 4.74 Å². The Kier molecular flexibility index (Phi) is 2.76. The zero-order valence-corrected chi connectivity index (χ0v) is 11.3. The molecule has 90 valence electrons. The number of ether oxygens (including phenoxy) is 1. The highest BCUT2D eigenvalue weighted by molar-refractivity contribution is 9.10. The monoisotopic (exact) mass is 303 g/mol. The largest absolute Gasteiger partial charge is 0.481 e. The van der Waals surface area contributed by atoms with Gasteiger partial charge in [0.1, 0.15) is 0 Å². The Morgan fingerprint density at radius 1 is 1.11 bits per heavy atom. The molecule has 1 aromatic carbocycles. The number of aromatic nitrogens is 3. The first-order valence-electron chi connectivity index (χ1n) is 5.44. The minimum atomic E-state index is 0.665. The van der Waals surface area contributed by atoms with Crippen molar-refractivity contribution in [2.45, 2.75) is 0 Å². The van der Waals surface area contributed by atoms with E-state index < -0.39 is 0 Å². The SMILES string of the molecule is COc1cccc2nc(-c3ccccc3Br)nn12. The van der Waals surface area contributed by atoms with E-state index in [4.69, 9.17) is 4.74 Å². The summed E-state index contributed by atoms with van der Waals surface area (Å²) in [4.78, 5) is 4.49. The molecule has 0 aliphatic carbocycles. The summed E-state index contributed by atoms with van der Waals surface area (Å²) in [7, 11) is 1.62. The minimum Gasteiger partial charge on any atom is -0.481 e. The van der Waals surface area contributed by atoms with Crippen LogP contribution in [0.2, 0.25) is 0 Å². The van der Waals surface area contributed by atoms with Crippen molar-refractivity contribution in [3.8, 4) is 17.3 Å². The fourth-order valence-electron chi connectivity index (χ4n) is 1.79. The standard InChI is InChI=1S/C13H10BrN3O/c1-18-12-8-4-7-11-15-13(16-17(11)12)9-5-2-3-6-10(9)14/h2-8H,1H3. The summed E-state index contributed by atoms with van der Waals surface area (Å²) in [6, 6.07) is 13.5. The molecule has 2 aromatic heterocycles. The van der Waals surface area contributed by atoms with Crippen molar-refractivity contribution in [2.75, 3.05) is 7.11 Å². The van der Waals surface area contributed by atoms with E-state index in [1.165, 1.54) is 0 Å². The van der Waals surface area contributed by atoms with E-state index in [0.29, 0.717) is 11.7 Å². The summed E-state index contributed by atoms with van der Waals surface area (Å²) in [5.74, 6) is 1.34. The maximum absolute atomic E-state index is 5.26. The van der Waals surface area contributed by atoms with Gasteiger partial charge in [0, 0.05) is 16.1 Å². The van der Waals surface area contributed by atoms with Crippen molar-refractivity contribution in [2.24, 2.45) is 0 Å². The van der Waals surface area contributed by atoms with Gasteiger partial charge in [-0.2, -0.15) is 4.52 Å². The van der Waals surface area contributed by atoms with E-state index in [1.54, 1.807) is 11.6 Å². The van der Waals surface area contributed by atoms with Crippen LogP contribution < -0.4 is 4.74 Å². The lowest BCUT2D eigenvalue weighted by molar-refractivity contribution is 0.386. The molecule has 0 bridgehead atoms. The zero-order chi connectivity index (χ0) is 12.5. The summed E-state index contributed by atoms with van der Waals surface area (Å²) in [5, 5.41) is 4.47. The predicted molar refractivity (Wildman–Crippen MR) is 72.7 cm³/mol. The van der Waals surface area contributed by atoms with E-state index in [1.807, 2.05) is 42.5 Å². The maximum atomic E-state index is 5.26. The molecule has 0 radical (unpaired) electrons. The number of benzene rings is 1. The fourth-order valence-corrected chi connectivity index (χ4v) is 2.25. The molecule has 18 heavy (non-hydrogen) atoms. The van der Waals surface area contributed by atoms with Crippen molar-refractivity contribution in [3.05, 3.63) is 46.9 Å². The lowest BCUT2D eigenvalue weighted by atomic mass is 10.2. The Morgan fingerprint density at radius 2 is 1.94 bits per heavy atom. The van der Waals surface area contributed by atoms with E-state index in [9.17, 15) is 0 Å². The van der Waals surface area contributed by atoms with Crippen molar-refractivity contribution in [3.63, 3.8) is 0 Å². The molecule has 0 aliphatic heterocycles. The first kappa shape index (κ1) is 11.2. The fraction of sp³-hybridized carbons (Fsp3) is 0.0769. The van der Waals surface area contributed by atoms with Gasteiger partial charge in [0.05, 0.1) is 7.11 Å². The van der Waals surface area contributed by atoms with E-state index in [0.717, 1.165) is 15.7 Å². The summed E-state index contributed by atoms with van der Waals surface area (Å²) in [5.41, 5.74) is 1.73. The normalized spacial score (nSPS) is 10.8. The van der Waals surface area contributed by atoms with Crippen LogP contribution in [0.5, 0.6) is 5.88 Å². The molecule has 4 nitrogen and oxygen atoms in total. The number of fused-ring (bicyclic) bond motifs is 1. The van der Waals surface area contributed by atoms with Crippen molar-refractivity contribution in [1.29, 1.82) is 0 Å². The molecule has 3 aromatic rings. The van der Waals surface area contributed by atoms with Gasteiger partial charge in [0.15, 0.2) is 11.5 Å². The average Bonchev–Trinajstić information content (AvgIpc) is 2.82. The maximum Gasteiger partial charge on any atom is 0.216 e. The van der Waals surface area contributed by atoms with Crippen LogP contribution >= 0.6 is 15.9 Å². The van der Waals surface area contributed by atoms with Crippen LogP contribution in [0.25, 0.3) is 17.0 Å². The first-order chi connectivity index (χ1) is 8.79. The number of hydrogen-bond acceptors (Lipinski definition) is 3. The van der Waals surface area contributed by atoms with Gasteiger partial charge in [0.2, 0.25) is 5.88 Å². The molecular weight excluding hydrogens is 294 g/mol. The van der Waals surface area contributed by atoms with Crippen LogP contribution in [0, 0.1) is 0 Å². The third kappa shape index (κ3) is 1.76. The van der Waals surface area contributed by atoms with Crippen molar-refractivity contribution < 1.29 is 4.74 Å². The van der Waals surface area contributed by atoms with Gasteiger partial charge in [-0.15, -0.1) is 5.10 Å². The van der Waals surface area contributed by atoms with Gasteiger partial charge >= 0.3 is 0 Å². The quantitative estimate of drug-likeness (QED) is 0.730. The van der Waals surface area contributed by atoms with E-state index in [2.05, 4.69) is 26.0 Å². The Morgan fingerprint density at radius 3 is 2.72 bits per heavy atom. The molecule has 0 aliphatic rings. The Labute approximate surface area is 112 Å². The van der Waals surface area contributed by atoms with Crippen molar-refractivity contribution in [1.82, 2.24) is 14.6 Å². The summed E-state index contributed by atoms with van der Waals surface area (Å²) in [6.07, 6.45) is 0. The molecule has 0 spiro atoms. The molecule has 3 rings (SSSR count).